The monoisotopic (exact) mass is 400 g/mol. The summed E-state index contributed by atoms with van der Waals surface area (Å²) in [7, 11) is 0. The molecule has 0 aromatic heterocycles. The van der Waals surface area contributed by atoms with Crippen LogP contribution < -0.4 is 0 Å². The molecule has 3 rings (SSSR count). The van der Waals surface area contributed by atoms with Gasteiger partial charge >= 0.3 is 0 Å². The number of hydrogen-bond donors (Lipinski definition) is 0. The SMILES string of the molecule is C.CC.CC.CC.CC.CC1(C)CCCc2cc(CCc3ccccc3)ccc21. The molecule has 0 saturated carbocycles. The van der Waals surface area contributed by atoms with Gasteiger partial charge in [-0.3, -0.25) is 0 Å². The molecule has 2 aromatic carbocycles. The largest absolute Gasteiger partial charge is 0.0776 e. The van der Waals surface area contributed by atoms with E-state index in [4.69, 9.17) is 0 Å². The van der Waals surface area contributed by atoms with Crippen LogP contribution in [-0.2, 0) is 24.7 Å². The third kappa shape index (κ3) is 11.3. The molecule has 1 aliphatic carbocycles. The minimum atomic E-state index is 0. The first-order valence-electron chi connectivity index (χ1n) is 11.8. The van der Waals surface area contributed by atoms with Crippen molar-refractivity contribution in [1.29, 1.82) is 0 Å². The lowest BCUT2D eigenvalue weighted by Crippen LogP contribution is -2.23. The van der Waals surface area contributed by atoms with Crippen molar-refractivity contribution in [3.8, 4) is 0 Å². The standard InChI is InChI=1S/C20H24.4C2H6.CH4/c1-20(2)14-6-9-18-15-17(12-13-19(18)20)11-10-16-7-4-3-5-8-16;4*1-2;/h3-5,7-8,12-13,15H,6,9-11,14H2,1-2H3;4*1-2H3;1H4. The Morgan fingerprint density at radius 3 is 1.76 bits per heavy atom. The van der Waals surface area contributed by atoms with Gasteiger partial charge in [0.2, 0.25) is 0 Å². The van der Waals surface area contributed by atoms with Crippen LogP contribution in [0.5, 0.6) is 0 Å². The zero-order valence-corrected chi connectivity index (χ0v) is 20.7. The molecular weight excluding hydrogens is 348 g/mol. The fraction of sp³-hybridized carbons (Fsp3) is 0.586. The molecule has 0 saturated heterocycles. The highest BCUT2D eigenvalue weighted by Crippen LogP contribution is 2.37. The zero-order chi connectivity index (χ0) is 22.0. The normalized spacial score (nSPS) is 12.3. The molecule has 0 aliphatic heterocycles. The van der Waals surface area contributed by atoms with Gasteiger partial charge in [-0.05, 0) is 59.8 Å². The summed E-state index contributed by atoms with van der Waals surface area (Å²) in [4.78, 5) is 0. The molecule has 0 amide bonds. The summed E-state index contributed by atoms with van der Waals surface area (Å²) >= 11 is 0. The molecule has 0 heterocycles. The maximum Gasteiger partial charge on any atom is -0.0101 e. The van der Waals surface area contributed by atoms with Crippen molar-refractivity contribution < 1.29 is 0 Å². The minimum absolute atomic E-state index is 0. The molecule has 168 valence electrons. The van der Waals surface area contributed by atoms with Crippen LogP contribution in [0.3, 0.4) is 0 Å². The zero-order valence-electron chi connectivity index (χ0n) is 20.7. The van der Waals surface area contributed by atoms with Gasteiger partial charge in [-0.2, -0.15) is 0 Å². The Bertz CT molecular complexity index is 578. The average molecular weight is 401 g/mol. The van der Waals surface area contributed by atoms with Crippen molar-refractivity contribution in [3.63, 3.8) is 0 Å². The maximum absolute atomic E-state index is 2.46. The first kappa shape index (κ1) is 32.1. The average Bonchev–Trinajstić information content (AvgIpc) is 2.78. The number of aryl methyl sites for hydroxylation is 3. The Kier molecular flexibility index (Phi) is 21.9. The molecule has 0 spiro atoms. The summed E-state index contributed by atoms with van der Waals surface area (Å²) in [5.74, 6) is 0. The van der Waals surface area contributed by atoms with Gasteiger partial charge in [0.25, 0.3) is 0 Å². The second-order valence-electron chi connectivity index (χ2n) is 6.71. The number of fused-ring (bicyclic) bond motifs is 1. The van der Waals surface area contributed by atoms with Crippen molar-refractivity contribution in [1.82, 2.24) is 0 Å². The van der Waals surface area contributed by atoms with E-state index in [9.17, 15) is 0 Å². The van der Waals surface area contributed by atoms with Crippen LogP contribution in [0.15, 0.2) is 48.5 Å². The van der Waals surface area contributed by atoms with Crippen molar-refractivity contribution in [2.24, 2.45) is 0 Å². The van der Waals surface area contributed by atoms with Crippen LogP contribution in [0.25, 0.3) is 0 Å². The van der Waals surface area contributed by atoms with E-state index in [0.717, 1.165) is 12.8 Å². The van der Waals surface area contributed by atoms with Crippen LogP contribution in [0.1, 0.15) is 112 Å². The first-order valence-corrected chi connectivity index (χ1v) is 11.8. The van der Waals surface area contributed by atoms with E-state index in [1.807, 2.05) is 55.4 Å². The first-order chi connectivity index (χ1) is 13.6. The predicted molar refractivity (Wildman–Crippen MR) is 138 cm³/mol. The Hall–Kier alpha value is -1.56. The van der Waals surface area contributed by atoms with Gasteiger partial charge in [0.1, 0.15) is 0 Å². The lowest BCUT2D eigenvalue weighted by Gasteiger charge is -2.32. The van der Waals surface area contributed by atoms with Gasteiger partial charge < -0.3 is 0 Å². The quantitative estimate of drug-likeness (QED) is 0.481. The van der Waals surface area contributed by atoms with E-state index in [2.05, 4.69) is 62.4 Å². The molecule has 0 heteroatoms. The van der Waals surface area contributed by atoms with Crippen molar-refractivity contribution in [2.75, 3.05) is 0 Å². The highest BCUT2D eigenvalue weighted by Gasteiger charge is 2.26. The van der Waals surface area contributed by atoms with Crippen LogP contribution in [0.4, 0.5) is 0 Å². The molecule has 0 radical (unpaired) electrons. The van der Waals surface area contributed by atoms with Gasteiger partial charge in [-0.25, -0.2) is 0 Å². The van der Waals surface area contributed by atoms with Gasteiger partial charge in [0, 0.05) is 0 Å². The minimum Gasteiger partial charge on any atom is -0.0776 e. The highest BCUT2D eigenvalue weighted by molar-refractivity contribution is 5.39. The third-order valence-electron chi connectivity index (χ3n) is 4.69. The van der Waals surface area contributed by atoms with E-state index in [1.165, 1.54) is 30.4 Å². The molecule has 1 aliphatic rings. The van der Waals surface area contributed by atoms with Crippen molar-refractivity contribution >= 4 is 0 Å². The van der Waals surface area contributed by atoms with Crippen LogP contribution >= 0.6 is 0 Å². The van der Waals surface area contributed by atoms with Crippen molar-refractivity contribution in [2.45, 2.75) is 114 Å². The highest BCUT2D eigenvalue weighted by atomic mass is 14.3. The molecule has 0 nitrogen and oxygen atoms in total. The second-order valence-corrected chi connectivity index (χ2v) is 6.71. The Morgan fingerprint density at radius 2 is 1.21 bits per heavy atom. The second kappa shape index (κ2) is 19.7. The number of benzene rings is 2. The summed E-state index contributed by atoms with van der Waals surface area (Å²) in [5.41, 5.74) is 6.46. The Balaban J connectivity index is -0.000000674. The molecule has 0 N–H and O–H groups in total. The lowest BCUT2D eigenvalue weighted by atomic mass is 9.72. The van der Waals surface area contributed by atoms with Crippen LogP contribution in [0.2, 0.25) is 0 Å². The van der Waals surface area contributed by atoms with Crippen LogP contribution in [-0.4, -0.2) is 0 Å². The van der Waals surface area contributed by atoms with Crippen molar-refractivity contribution in [3.05, 3.63) is 70.8 Å². The summed E-state index contributed by atoms with van der Waals surface area (Å²) in [6.07, 6.45) is 6.21. The Labute approximate surface area is 185 Å². The van der Waals surface area contributed by atoms with E-state index in [0.29, 0.717) is 5.41 Å². The van der Waals surface area contributed by atoms with E-state index < -0.39 is 0 Å². The smallest absolute Gasteiger partial charge is 0.0101 e. The summed E-state index contributed by atoms with van der Waals surface area (Å²) in [6.45, 7) is 20.8. The van der Waals surface area contributed by atoms with Gasteiger partial charge in [-0.15, -0.1) is 0 Å². The summed E-state index contributed by atoms with van der Waals surface area (Å²) in [5, 5.41) is 0. The lowest BCUT2D eigenvalue weighted by molar-refractivity contribution is 0.431. The van der Waals surface area contributed by atoms with E-state index in [-0.39, 0.29) is 7.43 Å². The molecule has 0 bridgehead atoms. The molecule has 2 aromatic rings. The molecular formula is C29H52. The van der Waals surface area contributed by atoms with E-state index >= 15 is 0 Å². The summed E-state index contributed by atoms with van der Waals surface area (Å²) < 4.78 is 0. The topological polar surface area (TPSA) is 0 Å². The summed E-state index contributed by atoms with van der Waals surface area (Å²) in [6, 6.07) is 18.0. The molecule has 29 heavy (non-hydrogen) atoms. The molecule has 0 atom stereocenters. The van der Waals surface area contributed by atoms with E-state index in [1.54, 1.807) is 11.1 Å². The van der Waals surface area contributed by atoms with Gasteiger partial charge in [0.15, 0.2) is 0 Å². The predicted octanol–water partition coefficient (Wildman–Crippen LogP) is 9.83. The van der Waals surface area contributed by atoms with Gasteiger partial charge in [0.05, 0.1) is 0 Å². The number of hydrogen-bond acceptors (Lipinski definition) is 0. The fourth-order valence-corrected chi connectivity index (χ4v) is 3.46. The molecule has 0 unspecified atom stereocenters. The Morgan fingerprint density at radius 1 is 0.690 bits per heavy atom. The fourth-order valence-electron chi connectivity index (χ4n) is 3.46. The van der Waals surface area contributed by atoms with Crippen LogP contribution in [0, 0.1) is 0 Å². The molecule has 0 fully saturated rings. The third-order valence-corrected chi connectivity index (χ3v) is 4.69. The maximum atomic E-state index is 2.46. The number of rotatable bonds is 3. The van der Waals surface area contributed by atoms with Gasteiger partial charge in [-0.1, -0.05) is 125 Å².